The van der Waals surface area contributed by atoms with Crippen LogP contribution < -0.4 is 14.8 Å². The summed E-state index contributed by atoms with van der Waals surface area (Å²) < 4.78 is 10.2. The first-order chi connectivity index (χ1) is 14.4. The van der Waals surface area contributed by atoms with Crippen molar-refractivity contribution in [1.82, 2.24) is 4.90 Å². The van der Waals surface area contributed by atoms with E-state index in [9.17, 15) is 19.2 Å². The second-order valence-corrected chi connectivity index (χ2v) is 7.18. The molecule has 1 aliphatic rings. The van der Waals surface area contributed by atoms with Crippen LogP contribution in [0, 0.1) is 0 Å². The molecule has 0 spiro atoms. The molecule has 1 heterocycles. The number of benzene rings is 2. The molecule has 1 N–H and O–H groups in total. The fourth-order valence-corrected chi connectivity index (χ4v) is 3.50. The number of imide groups is 1. The van der Waals surface area contributed by atoms with Crippen LogP contribution in [-0.4, -0.2) is 41.6 Å². The van der Waals surface area contributed by atoms with E-state index in [2.05, 4.69) is 5.32 Å². The number of nitrogens with zero attached hydrogens (tertiary/aromatic N) is 1. The first-order valence-corrected chi connectivity index (χ1v) is 9.65. The molecular weight excluding hydrogens is 408 g/mol. The number of nitrogens with one attached hydrogen (secondary N) is 1. The summed E-state index contributed by atoms with van der Waals surface area (Å²) >= 11 is 0.746. The Morgan fingerprint density at radius 2 is 1.83 bits per heavy atom. The van der Waals surface area contributed by atoms with Gasteiger partial charge in [0, 0.05) is 12.6 Å². The standard InChI is InChI=1S/C21H18N2O6S/c1-13(24)29-16-9-8-14(10-17(16)28-2)11-18-20(26)23(21(27)30-18)12-19(25)22-15-6-4-3-5-7-15/h3-11H,12H2,1-2H3,(H,22,25)/b18-11-. The summed E-state index contributed by atoms with van der Waals surface area (Å²) in [5, 5.41) is 2.11. The number of anilines is 1. The van der Waals surface area contributed by atoms with E-state index >= 15 is 0 Å². The Balaban J connectivity index is 1.73. The molecule has 0 radical (unpaired) electrons. The minimum atomic E-state index is -0.559. The Morgan fingerprint density at radius 1 is 1.10 bits per heavy atom. The average molecular weight is 426 g/mol. The van der Waals surface area contributed by atoms with E-state index in [1.165, 1.54) is 26.2 Å². The maximum atomic E-state index is 12.6. The van der Waals surface area contributed by atoms with E-state index in [-0.39, 0.29) is 17.2 Å². The molecule has 3 amide bonds. The lowest BCUT2D eigenvalue weighted by Crippen LogP contribution is -2.36. The molecule has 2 aromatic carbocycles. The predicted molar refractivity (Wildman–Crippen MR) is 112 cm³/mol. The Morgan fingerprint density at radius 3 is 2.50 bits per heavy atom. The van der Waals surface area contributed by atoms with E-state index in [4.69, 9.17) is 9.47 Å². The molecule has 3 rings (SSSR count). The van der Waals surface area contributed by atoms with Crippen LogP contribution in [0.4, 0.5) is 10.5 Å². The van der Waals surface area contributed by atoms with Crippen molar-refractivity contribution in [2.24, 2.45) is 0 Å². The van der Waals surface area contributed by atoms with Crippen molar-refractivity contribution in [1.29, 1.82) is 0 Å². The Hall–Kier alpha value is -3.59. The molecular formula is C21H18N2O6S. The number of amides is 3. The zero-order chi connectivity index (χ0) is 21.7. The van der Waals surface area contributed by atoms with Gasteiger partial charge in [-0.3, -0.25) is 24.1 Å². The quantitative estimate of drug-likeness (QED) is 0.430. The highest BCUT2D eigenvalue weighted by Gasteiger charge is 2.36. The third kappa shape index (κ3) is 5.06. The first-order valence-electron chi connectivity index (χ1n) is 8.84. The summed E-state index contributed by atoms with van der Waals surface area (Å²) in [6.45, 7) is 0.892. The van der Waals surface area contributed by atoms with Gasteiger partial charge < -0.3 is 14.8 Å². The highest BCUT2D eigenvalue weighted by molar-refractivity contribution is 8.18. The summed E-state index contributed by atoms with van der Waals surface area (Å²) in [5.41, 5.74) is 1.15. The SMILES string of the molecule is COc1cc(/C=C2\SC(=O)N(CC(=O)Nc3ccccc3)C2=O)ccc1OC(C)=O. The van der Waals surface area contributed by atoms with Gasteiger partial charge in [0.2, 0.25) is 5.91 Å². The Labute approximate surface area is 176 Å². The van der Waals surface area contributed by atoms with Gasteiger partial charge in [0.1, 0.15) is 6.54 Å². The molecule has 0 unspecified atom stereocenters. The van der Waals surface area contributed by atoms with Crippen LogP contribution >= 0.6 is 11.8 Å². The van der Waals surface area contributed by atoms with Gasteiger partial charge in [0.25, 0.3) is 11.1 Å². The van der Waals surface area contributed by atoms with Crippen molar-refractivity contribution in [2.45, 2.75) is 6.92 Å². The second-order valence-electron chi connectivity index (χ2n) is 6.19. The highest BCUT2D eigenvalue weighted by Crippen LogP contribution is 2.34. The number of carbonyl (C=O) groups is 4. The third-order valence-electron chi connectivity index (χ3n) is 3.97. The third-order valence-corrected chi connectivity index (χ3v) is 4.88. The fourth-order valence-electron chi connectivity index (χ4n) is 2.67. The largest absolute Gasteiger partial charge is 0.493 e. The van der Waals surface area contributed by atoms with Crippen molar-refractivity contribution < 1.29 is 28.7 Å². The smallest absolute Gasteiger partial charge is 0.308 e. The van der Waals surface area contributed by atoms with Gasteiger partial charge in [0.15, 0.2) is 11.5 Å². The van der Waals surface area contributed by atoms with Crippen LogP contribution in [0.15, 0.2) is 53.4 Å². The van der Waals surface area contributed by atoms with Crippen LogP contribution in [-0.2, 0) is 14.4 Å². The van der Waals surface area contributed by atoms with E-state index < -0.39 is 23.0 Å². The van der Waals surface area contributed by atoms with Crippen molar-refractivity contribution in [3.63, 3.8) is 0 Å². The first kappa shape index (κ1) is 21.1. The molecule has 0 atom stereocenters. The molecule has 8 nitrogen and oxygen atoms in total. The van der Waals surface area contributed by atoms with Gasteiger partial charge in [-0.2, -0.15) is 0 Å². The number of esters is 1. The number of para-hydroxylation sites is 1. The number of rotatable bonds is 6. The average Bonchev–Trinajstić information content (AvgIpc) is 2.96. The van der Waals surface area contributed by atoms with Gasteiger partial charge in [0.05, 0.1) is 12.0 Å². The predicted octanol–water partition coefficient (Wildman–Crippen LogP) is 3.30. The lowest BCUT2D eigenvalue weighted by atomic mass is 10.2. The minimum Gasteiger partial charge on any atom is -0.493 e. The summed E-state index contributed by atoms with van der Waals surface area (Å²) in [4.78, 5) is 49.3. The molecule has 1 fully saturated rings. The highest BCUT2D eigenvalue weighted by atomic mass is 32.2. The molecule has 30 heavy (non-hydrogen) atoms. The van der Waals surface area contributed by atoms with Crippen LogP contribution in [0.2, 0.25) is 0 Å². The molecule has 0 saturated carbocycles. The van der Waals surface area contributed by atoms with Crippen molar-refractivity contribution in [3.8, 4) is 11.5 Å². The monoisotopic (exact) mass is 426 g/mol. The number of hydrogen-bond donors (Lipinski definition) is 1. The van der Waals surface area contributed by atoms with Crippen LogP contribution in [0.25, 0.3) is 6.08 Å². The second kappa shape index (κ2) is 9.27. The minimum absolute atomic E-state index is 0.176. The molecule has 0 aromatic heterocycles. The number of thioether (sulfide) groups is 1. The Bertz CT molecular complexity index is 1040. The topological polar surface area (TPSA) is 102 Å². The van der Waals surface area contributed by atoms with Crippen LogP contribution in [0.5, 0.6) is 11.5 Å². The summed E-state index contributed by atoms with van der Waals surface area (Å²) in [6, 6.07) is 13.5. The molecule has 9 heteroatoms. The van der Waals surface area contributed by atoms with Gasteiger partial charge in [-0.1, -0.05) is 24.3 Å². The fraction of sp³-hybridized carbons (Fsp3) is 0.143. The maximum Gasteiger partial charge on any atom is 0.308 e. The molecule has 154 valence electrons. The normalized spacial score (nSPS) is 14.7. The Kier molecular flexibility index (Phi) is 6.53. The van der Waals surface area contributed by atoms with Gasteiger partial charge >= 0.3 is 5.97 Å². The number of hydrogen-bond acceptors (Lipinski definition) is 7. The number of carbonyl (C=O) groups excluding carboxylic acids is 4. The molecule has 0 aliphatic carbocycles. The van der Waals surface area contributed by atoms with Gasteiger partial charge in [-0.05, 0) is 47.7 Å². The van der Waals surface area contributed by atoms with Gasteiger partial charge in [-0.25, -0.2) is 0 Å². The van der Waals surface area contributed by atoms with Crippen molar-refractivity contribution >= 4 is 46.5 Å². The van der Waals surface area contributed by atoms with Crippen LogP contribution in [0.3, 0.4) is 0 Å². The summed E-state index contributed by atoms with van der Waals surface area (Å²) in [6.07, 6.45) is 1.51. The molecule has 1 aliphatic heterocycles. The van der Waals surface area contributed by atoms with Gasteiger partial charge in [-0.15, -0.1) is 0 Å². The molecule has 1 saturated heterocycles. The zero-order valence-electron chi connectivity index (χ0n) is 16.2. The van der Waals surface area contributed by atoms with Crippen LogP contribution in [0.1, 0.15) is 12.5 Å². The summed E-state index contributed by atoms with van der Waals surface area (Å²) in [7, 11) is 1.42. The van der Waals surface area contributed by atoms with E-state index in [0.29, 0.717) is 17.0 Å². The van der Waals surface area contributed by atoms with Crippen molar-refractivity contribution in [3.05, 3.63) is 59.0 Å². The number of ether oxygens (including phenoxy) is 2. The van der Waals surface area contributed by atoms with E-state index in [1.807, 2.05) is 6.07 Å². The molecule has 0 bridgehead atoms. The van der Waals surface area contributed by atoms with E-state index in [0.717, 1.165) is 16.7 Å². The lowest BCUT2D eigenvalue weighted by molar-refractivity contribution is -0.132. The van der Waals surface area contributed by atoms with E-state index in [1.54, 1.807) is 36.4 Å². The lowest BCUT2D eigenvalue weighted by Gasteiger charge is -2.12. The summed E-state index contributed by atoms with van der Waals surface area (Å²) in [5.74, 6) is -0.974. The van der Waals surface area contributed by atoms with Crippen molar-refractivity contribution in [2.75, 3.05) is 19.0 Å². The molecule has 2 aromatic rings. The zero-order valence-corrected chi connectivity index (χ0v) is 17.0. The number of methoxy groups -OCH3 is 1. The maximum absolute atomic E-state index is 12.6.